The van der Waals surface area contributed by atoms with Crippen LogP contribution in [-0.4, -0.2) is 85.9 Å². The van der Waals surface area contributed by atoms with Crippen LogP contribution in [0.2, 0.25) is 0 Å². The van der Waals surface area contributed by atoms with Crippen molar-refractivity contribution in [2.75, 3.05) is 37.7 Å². The second kappa shape index (κ2) is 6.35. The lowest BCUT2D eigenvalue weighted by molar-refractivity contribution is -0.0504. The molecule has 0 amide bonds. The fraction of sp³-hybridized carbons (Fsp3) is 0.643. The van der Waals surface area contributed by atoms with Gasteiger partial charge in [-0.3, -0.25) is 9.36 Å². The quantitative estimate of drug-likeness (QED) is 0.393. The van der Waals surface area contributed by atoms with Gasteiger partial charge in [0, 0.05) is 26.2 Å². The standard InChI is InChI=1S/C14H20N6O5/c21-5-7-9(22)10(23)13(25-7)20-11-8(12(24)17-6-16-11)18-14(20)19-3-1-15-2-4-19/h6-7,9-10,13,15,21-23H,1-5H2,(H,16,17,24)/t7-,9-,10-,13-/m0/s1. The average molecular weight is 352 g/mol. The highest BCUT2D eigenvalue weighted by Gasteiger charge is 2.45. The summed E-state index contributed by atoms with van der Waals surface area (Å²) in [7, 11) is 0. The zero-order valence-corrected chi connectivity index (χ0v) is 13.4. The number of aromatic nitrogens is 4. The first-order valence-corrected chi connectivity index (χ1v) is 8.15. The van der Waals surface area contributed by atoms with Gasteiger partial charge in [0.05, 0.1) is 12.9 Å². The van der Waals surface area contributed by atoms with Crippen LogP contribution in [0.5, 0.6) is 0 Å². The maximum atomic E-state index is 12.1. The van der Waals surface area contributed by atoms with Gasteiger partial charge in [-0.1, -0.05) is 0 Å². The number of anilines is 1. The molecule has 25 heavy (non-hydrogen) atoms. The van der Waals surface area contributed by atoms with Gasteiger partial charge in [0.1, 0.15) is 18.3 Å². The largest absolute Gasteiger partial charge is 0.394 e. The van der Waals surface area contributed by atoms with Crippen LogP contribution >= 0.6 is 0 Å². The highest BCUT2D eigenvalue weighted by atomic mass is 16.6. The van der Waals surface area contributed by atoms with Crippen molar-refractivity contribution in [2.24, 2.45) is 0 Å². The van der Waals surface area contributed by atoms with E-state index in [1.807, 2.05) is 4.90 Å². The van der Waals surface area contributed by atoms with Crippen molar-refractivity contribution in [3.63, 3.8) is 0 Å². The van der Waals surface area contributed by atoms with Crippen LogP contribution in [0.3, 0.4) is 0 Å². The highest BCUT2D eigenvalue weighted by molar-refractivity contribution is 5.74. The monoisotopic (exact) mass is 352 g/mol. The van der Waals surface area contributed by atoms with Gasteiger partial charge in [-0.2, -0.15) is 0 Å². The summed E-state index contributed by atoms with van der Waals surface area (Å²) in [4.78, 5) is 25.2. The number of H-pyrrole nitrogens is 1. The van der Waals surface area contributed by atoms with E-state index in [0.29, 0.717) is 19.0 Å². The van der Waals surface area contributed by atoms with Crippen molar-refractivity contribution in [1.29, 1.82) is 0 Å². The molecule has 11 nitrogen and oxygen atoms in total. The fourth-order valence-electron chi connectivity index (χ4n) is 3.32. The van der Waals surface area contributed by atoms with E-state index in [0.717, 1.165) is 13.1 Å². The lowest BCUT2D eigenvalue weighted by Gasteiger charge is -2.30. The minimum Gasteiger partial charge on any atom is -0.394 e. The molecule has 0 saturated carbocycles. The van der Waals surface area contributed by atoms with E-state index in [-0.39, 0.29) is 11.2 Å². The van der Waals surface area contributed by atoms with E-state index >= 15 is 0 Å². The number of aliphatic hydroxyl groups excluding tert-OH is 3. The smallest absolute Gasteiger partial charge is 0.278 e. The molecule has 5 N–H and O–H groups in total. The van der Waals surface area contributed by atoms with Crippen LogP contribution in [-0.2, 0) is 4.74 Å². The van der Waals surface area contributed by atoms with Gasteiger partial charge in [0.15, 0.2) is 17.4 Å². The van der Waals surface area contributed by atoms with Crippen molar-refractivity contribution in [2.45, 2.75) is 24.5 Å². The molecule has 0 radical (unpaired) electrons. The van der Waals surface area contributed by atoms with Crippen LogP contribution in [0, 0.1) is 0 Å². The molecule has 4 rings (SSSR count). The van der Waals surface area contributed by atoms with Gasteiger partial charge in [-0.05, 0) is 0 Å². The van der Waals surface area contributed by atoms with Gasteiger partial charge in [-0.15, -0.1) is 0 Å². The molecule has 0 aromatic carbocycles. The third kappa shape index (κ3) is 2.60. The van der Waals surface area contributed by atoms with Crippen LogP contribution < -0.4 is 15.8 Å². The predicted octanol–water partition coefficient (Wildman–Crippen LogP) is -2.86. The maximum Gasteiger partial charge on any atom is 0.278 e. The zero-order valence-electron chi connectivity index (χ0n) is 13.4. The molecule has 2 saturated heterocycles. The van der Waals surface area contributed by atoms with E-state index < -0.39 is 36.7 Å². The lowest BCUT2D eigenvalue weighted by Crippen LogP contribution is -2.45. The Morgan fingerprint density at radius 2 is 2.04 bits per heavy atom. The van der Waals surface area contributed by atoms with E-state index in [1.165, 1.54) is 10.9 Å². The second-order valence-electron chi connectivity index (χ2n) is 6.15. The normalized spacial score (nSPS) is 30.3. The number of imidazole rings is 1. The van der Waals surface area contributed by atoms with Crippen LogP contribution in [0.25, 0.3) is 11.2 Å². The lowest BCUT2D eigenvalue weighted by atomic mass is 10.1. The minimum atomic E-state index is -1.28. The third-order valence-corrected chi connectivity index (χ3v) is 4.64. The molecule has 2 aromatic heterocycles. The Morgan fingerprint density at radius 3 is 2.72 bits per heavy atom. The van der Waals surface area contributed by atoms with E-state index in [4.69, 9.17) is 4.74 Å². The first kappa shape index (κ1) is 16.4. The summed E-state index contributed by atoms with van der Waals surface area (Å²) < 4.78 is 7.16. The Labute approximate surface area is 141 Å². The first-order chi connectivity index (χ1) is 12.1. The molecule has 2 aromatic rings. The number of piperazine rings is 1. The molecule has 2 aliphatic rings. The SMILES string of the molecule is O=c1[nH]cnc2c1nc(N1CCNCC1)n2[C@H]1O[C@@H](CO)[C@H](O)[C@@H]1O. The number of nitrogens with one attached hydrogen (secondary N) is 2. The Morgan fingerprint density at radius 1 is 1.28 bits per heavy atom. The van der Waals surface area contributed by atoms with E-state index in [9.17, 15) is 20.1 Å². The first-order valence-electron chi connectivity index (χ1n) is 8.15. The Hall–Kier alpha value is -2.05. The summed E-state index contributed by atoms with van der Waals surface area (Å²) in [5.41, 5.74) is -0.00669. The van der Waals surface area contributed by atoms with Gasteiger partial charge in [0.2, 0.25) is 5.95 Å². The molecular formula is C14H20N6O5. The topological polar surface area (TPSA) is 149 Å². The Balaban J connectivity index is 1.86. The minimum absolute atomic E-state index is 0.133. The van der Waals surface area contributed by atoms with Gasteiger partial charge >= 0.3 is 0 Å². The summed E-state index contributed by atoms with van der Waals surface area (Å²) in [6.45, 7) is 2.40. The maximum absolute atomic E-state index is 12.1. The number of hydrogen-bond donors (Lipinski definition) is 5. The van der Waals surface area contributed by atoms with E-state index in [1.54, 1.807) is 0 Å². The van der Waals surface area contributed by atoms with Crippen LogP contribution in [0.4, 0.5) is 5.95 Å². The molecule has 4 heterocycles. The molecule has 0 unspecified atom stereocenters. The summed E-state index contributed by atoms with van der Waals surface area (Å²) in [6, 6.07) is 0. The van der Waals surface area contributed by atoms with Crippen molar-refractivity contribution in [3.05, 3.63) is 16.7 Å². The molecular weight excluding hydrogens is 332 g/mol. The molecule has 2 aliphatic heterocycles. The van der Waals surface area contributed by atoms with Gasteiger partial charge in [0.25, 0.3) is 5.56 Å². The third-order valence-electron chi connectivity index (χ3n) is 4.64. The highest BCUT2D eigenvalue weighted by Crippen LogP contribution is 2.34. The fourth-order valence-corrected chi connectivity index (χ4v) is 3.32. The number of aliphatic hydroxyl groups is 3. The number of hydrogen-bond acceptors (Lipinski definition) is 9. The van der Waals surface area contributed by atoms with Gasteiger partial charge in [-0.25, -0.2) is 9.97 Å². The molecule has 136 valence electrons. The van der Waals surface area contributed by atoms with Gasteiger partial charge < -0.3 is 35.3 Å². The summed E-state index contributed by atoms with van der Waals surface area (Å²) in [5.74, 6) is 0.440. The molecule has 0 aliphatic carbocycles. The Kier molecular flexibility index (Phi) is 4.17. The van der Waals surface area contributed by atoms with Crippen molar-refractivity contribution >= 4 is 17.1 Å². The Bertz CT molecular complexity index is 816. The molecule has 11 heteroatoms. The predicted molar refractivity (Wildman–Crippen MR) is 86.2 cm³/mol. The number of fused-ring (bicyclic) bond motifs is 1. The summed E-state index contributed by atoms with van der Waals surface area (Å²) in [5, 5.41) is 33.0. The van der Waals surface area contributed by atoms with Crippen LogP contribution in [0.15, 0.2) is 11.1 Å². The van der Waals surface area contributed by atoms with E-state index in [2.05, 4.69) is 20.3 Å². The van der Waals surface area contributed by atoms with Crippen LogP contribution in [0.1, 0.15) is 6.23 Å². The van der Waals surface area contributed by atoms with Crippen molar-refractivity contribution in [1.82, 2.24) is 24.8 Å². The molecule has 2 fully saturated rings. The number of rotatable bonds is 3. The van der Waals surface area contributed by atoms with Crippen molar-refractivity contribution in [3.8, 4) is 0 Å². The molecule has 0 bridgehead atoms. The average Bonchev–Trinajstić information content (AvgIpc) is 3.15. The second-order valence-corrected chi connectivity index (χ2v) is 6.15. The summed E-state index contributed by atoms with van der Waals surface area (Å²) in [6.07, 6.45) is -3.19. The number of ether oxygens (including phenoxy) is 1. The molecule has 0 spiro atoms. The molecule has 4 atom stereocenters. The number of aromatic amines is 1. The zero-order chi connectivity index (χ0) is 17.6. The number of nitrogens with zero attached hydrogens (tertiary/aromatic N) is 4. The summed E-state index contributed by atoms with van der Waals surface area (Å²) >= 11 is 0. The van der Waals surface area contributed by atoms with Crippen molar-refractivity contribution < 1.29 is 20.1 Å².